The number of rotatable bonds is 13. The van der Waals surface area contributed by atoms with Gasteiger partial charge in [0.1, 0.15) is 41.4 Å². The molecular weight excluding hydrogens is 879 g/mol. The van der Waals surface area contributed by atoms with Crippen LogP contribution in [0, 0.1) is 5.92 Å². The molecule has 0 aliphatic carbocycles. The van der Waals surface area contributed by atoms with E-state index >= 15 is 0 Å². The molecule has 1 fully saturated rings. The van der Waals surface area contributed by atoms with Gasteiger partial charge in [0.05, 0.1) is 41.9 Å². The van der Waals surface area contributed by atoms with E-state index in [1.54, 1.807) is 37.5 Å². The van der Waals surface area contributed by atoms with Crippen molar-refractivity contribution in [3.63, 3.8) is 0 Å². The molecule has 18 heteroatoms. The summed E-state index contributed by atoms with van der Waals surface area (Å²) in [6.45, 7) is 9.97. The number of thiazole rings is 2. The van der Waals surface area contributed by atoms with E-state index in [0.29, 0.717) is 63.9 Å². The lowest BCUT2D eigenvalue weighted by molar-refractivity contribution is -0.141. The van der Waals surface area contributed by atoms with Gasteiger partial charge in [-0.15, -0.1) is 22.7 Å². The van der Waals surface area contributed by atoms with Crippen LogP contribution in [0.3, 0.4) is 0 Å². The Labute approximate surface area is 392 Å². The number of anilines is 4. The van der Waals surface area contributed by atoms with E-state index in [0.717, 1.165) is 23.7 Å². The van der Waals surface area contributed by atoms with Gasteiger partial charge in [-0.2, -0.15) is 0 Å². The molecule has 2 aromatic carbocycles. The van der Waals surface area contributed by atoms with Gasteiger partial charge in [0.2, 0.25) is 23.5 Å². The first-order chi connectivity index (χ1) is 31.8. The summed E-state index contributed by atoms with van der Waals surface area (Å²) in [4.78, 5) is 85.9. The number of nitrogens with one attached hydrogen (secondary N) is 5. The number of carbonyl (C=O) groups is 5. The first-order valence-corrected chi connectivity index (χ1v) is 24.1. The number of amides is 4. The zero-order valence-corrected chi connectivity index (χ0v) is 39.6. The minimum Gasteiger partial charge on any atom is -0.497 e. The normalized spacial score (nSPS) is 19.3. The van der Waals surface area contributed by atoms with Crippen LogP contribution in [-0.4, -0.2) is 93.2 Å². The number of allylic oxidation sites excluding steroid dienone is 1. The zero-order chi connectivity index (χ0) is 46.9. The average Bonchev–Trinajstić information content (AvgIpc) is 4.07. The van der Waals surface area contributed by atoms with Gasteiger partial charge < -0.3 is 41.0 Å². The SMILES string of the molecule is CCc1csc(NC(C(=O)N2C[C@@H](Oc3cc(-c4csc(NC(C)C)n4)nc4cc(OC)ccc34)C[C@H]2C(=O)N[C@@H]2C/C=C/CCCCC(=O)Nc3ccccc3NC(=O)C2=O)C(C)C)n1. The molecule has 66 heavy (non-hydrogen) atoms. The molecular formula is C48H57N9O7S2. The number of aryl methyl sites for hydroxylation is 1. The largest absolute Gasteiger partial charge is 0.497 e. The van der Waals surface area contributed by atoms with Crippen molar-refractivity contribution in [3.05, 3.63) is 77.1 Å². The highest BCUT2D eigenvalue weighted by Crippen LogP contribution is 2.36. The lowest BCUT2D eigenvalue weighted by atomic mass is 10.0. The zero-order valence-electron chi connectivity index (χ0n) is 38.0. The van der Waals surface area contributed by atoms with Crippen LogP contribution in [-0.2, 0) is 30.4 Å². The van der Waals surface area contributed by atoms with Gasteiger partial charge in [0, 0.05) is 47.2 Å². The Kier molecular flexibility index (Phi) is 15.7. The molecule has 2 aliphatic heterocycles. The van der Waals surface area contributed by atoms with Crippen molar-refractivity contribution in [1.29, 1.82) is 0 Å². The summed E-state index contributed by atoms with van der Waals surface area (Å²) < 4.78 is 12.4. The predicted molar refractivity (Wildman–Crippen MR) is 259 cm³/mol. The van der Waals surface area contributed by atoms with Crippen LogP contribution >= 0.6 is 22.7 Å². The van der Waals surface area contributed by atoms with Crippen LogP contribution in [0.15, 0.2) is 71.4 Å². The number of ketones is 1. The summed E-state index contributed by atoms with van der Waals surface area (Å²) in [5.41, 5.74) is 3.31. The molecule has 5 aromatic rings. The van der Waals surface area contributed by atoms with Crippen molar-refractivity contribution in [2.45, 2.75) is 110 Å². The number of nitrogens with zero attached hydrogens (tertiary/aromatic N) is 4. The smallest absolute Gasteiger partial charge is 0.294 e. The second-order valence-corrected chi connectivity index (χ2v) is 18.7. The molecule has 2 aliphatic rings. The first kappa shape index (κ1) is 47.6. The third-order valence-electron chi connectivity index (χ3n) is 11.3. The minimum atomic E-state index is -1.27. The standard InChI is InChI=1S/C48H57N9O7S2/c1-7-29-25-65-48(50-29)56-42(27(2)3)46(62)57-24-31(64-40-23-37(38-26-66-47(55-38)49-28(4)5)51-36-21-30(63-6)19-20-32(36)40)22-39(57)44(60)54-35-17-11-9-8-10-12-18-41(58)52-33-15-13-14-16-34(33)53-45(61)43(35)59/h9,11,13-16,19-21,23,25-28,31,35,39,42H,7-8,10,12,17-18,22,24H2,1-6H3,(H,49,55)(H,50,56)(H,52,58)(H,53,61)(H,54,60)/b11-9+/t31-,35+,39-,42?/m0/s1. The summed E-state index contributed by atoms with van der Waals surface area (Å²) in [5, 5.41) is 20.9. The van der Waals surface area contributed by atoms with E-state index in [-0.39, 0.29) is 48.8 Å². The number of hydrogen-bond acceptors (Lipinski definition) is 14. The van der Waals surface area contributed by atoms with E-state index in [1.807, 2.05) is 75.7 Å². The number of pyridine rings is 1. The Bertz CT molecular complexity index is 2590. The average molecular weight is 936 g/mol. The molecule has 0 bridgehead atoms. The lowest BCUT2D eigenvalue weighted by Gasteiger charge is -2.31. The maximum absolute atomic E-state index is 14.9. The van der Waals surface area contributed by atoms with Crippen molar-refractivity contribution in [1.82, 2.24) is 25.2 Å². The third kappa shape index (κ3) is 11.7. The number of hydrogen-bond donors (Lipinski definition) is 5. The number of para-hydroxylation sites is 2. The van der Waals surface area contributed by atoms with Crippen LogP contribution < -0.4 is 36.1 Å². The molecule has 5 heterocycles. The molecule has 3 aromatic heterocycles. The maximum Gasteiger partial charge on any atom is 0.294 e. The van der Waals surface area contributed by atoms with Gasteiger partial charge in [0.15, 0.2) is 10.3 Å². The van der Waals surface area contributed by atoms with E-state index in [9.17, 15) is 24.0 Å². The number of aromatic nitrogens is 3. The molecule has 4 atom stereocenters. The van der Waals surface area contributed by atoms with Gasteiger partial charge >= 0.3 is 0 Å². The number of ether oxygens (including phenoxy) is 2. The summed E-state index contributed by atoms with van der Waals surface area (Å²) >= 11 is 2.87. The van der Waals surface area contributed by atoms with E-state index < -0.39 is 41.8 Å². The number of benzene rings is 2. The number of fused-ring (bicyclic) bond motifs is 2. The Balaban J connectivity index is 1.21. The second kappa shape index (κ2) is 21.7. The van der Waals surface area contributed by atoms with Crippen LogP contribution in [0.1, 0.15) is 78.8 Å². The number of likely N-dealkylation sites (tertiary alicyclic amines) is 1. The second-order valence-electron chi connectivity index (χ2n) is 17.0. The van der Waals surface area contributed by atoms with Crippen molar-refractivity contribution in [2.24, 2.45) is 5.92 Å². The van der Waals surface area contributed by atoms with Gasteiger partial charge in [-0.05, 0) is 76.1 Å². The van der Waals surface area contributed by atoms with Crippen LogP contribution in [0.4, 0.5) is 21.6 Å². The molecule has 348 valence electrons. The Morgan fingerprint density at radius 2 is 1.65 bits per heavy atom. The highest BCUT2D eigenvalue weighted by atomic mass is 32.1. The molecule has 7 rings (SSSR count). The van der Waals surface area contributed by atoms with Gasteiger partial charge in [-0.25, -0.2) is 15.0 Å². The number of carbonyl (C=O) groups excluding carboxylic acids is 5. The fourth-order valence-electron chi connectivity index (χ4n) is 7.81. The van der Waals surface area contributed by atoms with Crippen LogP contribution in [0.2, 0.25) is 0 Å². The van der Waals surface area contributed by atoms with Gasteiger partial charge in [0.25, 0.3) is 5.91 Å². The Hall–Kier alpha value is -6.40. The van der Waals surface area contributed by atoms with Crippen molar-refractivity contribution in [3.8, 4) is 22.9 Å². The van der Waals surface area contributed by atoms with Gasteiger partial charge in [-0.3, -0.25) is 24.0 Å². The quantitative estimate of drug-likeness (QED) is 0.0566. The van der Waals surface area contributed by atoms with Crippen LogP contribution in [0.5, 0.6) is 11.5 Å². The fraction of sp³-hybridized carbons (Fsp3) is 0.417. The number of Topliss-reactive ketones (excluding diaryl/α,β-unsaturated/α-hetero) is 1. The van der Waals surface area contributed by atoms with Crippen molar-refractivity contribution < 1.29 is 33.4 Å². The molecule has 1 unspecified atom stereocenters. The fourth-order valence-corrected chi connectivity index (χ4v) is 9.49. The monoisotopic (exact) mass is 935 g/mol. The minimum absolute atomic E-state index is 0.0255. The number of methoxy groups -OCH3 is 1. The summed E-state index contributed by atoms with van der Waals surface area (Å²) in [6.07, 6.45) is 6.08. The summed E-state index contributed by atoms with van der Waals surface area (Å²) in [6, 6.07) is 11.0. The molecule has 1 saturated heterocycles. The highest BCUT2D eigenvalue weighted by molar-refractivity contribution is 7.14. The third-order valence-corrected chi connectivity index (χ3v) is 12.9. The van der Waals surface area contributed by atoms with E-state index in [4.69, 9.17) is 19.4 Å². The maximum atomic E-state index is 14.9. The molecule has 4 amide bonds. The molecule has 0 radical (unpaired) electrons. The molecule has 0 spiro atoms. The van der Waals surface area contributed by atoms with Gasteiger partial charge in [-0.1, -0.05) is 45.1 Å². The topological polar surface area (TPSA) is 206 Å². The lowest BCUT2D eigenvalue weighted by Crippen LogP contribution is -2.55. The highest BCUT2D eigenvalue weighted by Gasteiger charge is 2.45. The summed E-state index contributed by atoms with van der Waals surface area (Å²) in [5.74, 6) is -2.13. The van der Waals surface area contributed by atoms with Crippen molar-refractivity contribution >= 4 is 84.6 Å². The van der Waals surface area contributed by atoms with Crippen molar-refractivity contribution in [2.75, 3.05) is 34.9 Å². The molecule has 16 nitrogen and oxygen atoms in total. The molecule has 5 N–H and O–H groups in total. The predicted octanol–water partition coefficient (Wildman–Crippen LogP) is 7.84. The van der Waals surface area contributed by atoms with E-state index in [1.165, 1.54) is 27.6 Å². The molecule has 0 saturated carbocycles. The first-order valence-electron chi connectivity index (χ1n) is 22.4. The van der Waals surface area contributed by atoms with Crippen LogP contribution in [0.25, 0.3) is 22.3 Å². The Morgan fingerprint density at radius 1 is 0.894 bits per heavy atom. The Morgan fingerprint density at radius 3 is 2.38 bits per heavy atom. The van der Waals surface area contributed by atoms with E-state index in [2.05, 4.69) is 31.6 Å². The summed E-state index contributed by atoms with van der Waals surface area (Å²) in [7, 11) is 1.58.